The van der Waals surface area contributed by atoms with Crippen LogP contribution in [0.2, 0.25) is 0 Å². The highest BCUT2D eigenvalue weighted by atomic mass is 32.1. The van der Waals surface area contributed by atoms with Crippen LogP contribution in [0.1, 0.15) is 59.7 Å². The fraction of sp³-hybridized carbons (Fsp3) is 0.435. The first-order valence-corrected chi connectivity index (χ1v) is 10.9. The maximum absolute atomic E-state index is 13.1. The van der Waals surface area contributed by atoms with E-state index < -0.39 is 0 Å². The van der Waals surface area contributed by atoms with Gasteiger partial charge < -0.3 is 15.2 Å². The Bertz CT molecular complexity index is 1090. The lowest BCUT2D eigenvalue weighted by molar-refractivity contribution is 0.0935. The predicted octanol–water partition coefficient (Wildman–Crippen LogP) is 5.24. The van der Waals surface area contributed by atoms with Crippen LogP contribution in [-0.2, 0) is 19.9 Å². The Kier molecular flexibility index (Phi) is 3.89. The number of carbonyl (C=O) groups is 1. The van der Waals surface area contributed by atoms with Crippen LogP contribution in [0, 0.1) is 11.3 Å². The van der Waals surface area contributed by atoms with Gasteiger partial charge in [-0.05, 0) is 42.2 Å². The van der Waals surface area contributed by atoms with Gasteiger partial charge in [0.15, 0.2) is 0 Å². The third-order valence-corrected chi connectivity index (χ3v) is 7.69. The van der Waals surface area contributed by atoms with E-state index in [9.17, 15) is 4.79 Å². The summed E-state index contributed by atoms with van der Waals surface area (Å²) in [5, 5.41) is 9.07. The zero-order valence-electron chi connectivity index (χ0n) is 16.9. The van der Waals surface area contributed by atoms with Gasteiger partial charge in [-0.15, -0.1) is 11.3 Å². The van der Waals surface area contributed by atoms with Gasteiger partial charge in [-0.1, -0.05) is 39.0 Å². The molecule has 0 spiro atoms. The first-order valence-electron chi connectivity index (χ1n) is 10.1. The third kappa shape index (κ3) is 2.67. The number of nitrogens with zero attached hydrogens (tertiary/aromatic N) is 1. The van der Waals surface area contributed by atoms with Crippen molar-refractivity contribution in [1.82, 2.24) is 9.88 Å². The molecule has 0 unspecified atom stereocenters. The number of hydrogen-bond acceptors (Lipinski definition) is 3. The summed E-state index contributed by atoms with van der Waals surface area (Å²) in [6.45, 7) is 6.99. The van der Waals surface area contributed by atoms with Crippen molar-refractivity contribution in [3.63, 3.8) is 0 Å². The Balaban J connectivity index is 1.52. The third-order valence-electron chi connectivity index (χ3n) is 6.51. The Morgan fingerprint density at radius 1 is 1.18 bits per heavy atom. The molecule has 1 aliphatic heterocycles. The van der Waals surface area contributed by atoms with Gasteiger partial charge >= 0.3 is 0 Å². The van der Waals surface area contributed by atoms with Crippen molar-refractivity contribution in [2.75, 3.05) is 5.32 Å². The normalized spacial score (nSPS) is 21.8. The number of nitrogens with one attached hydrogen (secondary N) is 2. The Morgan fingerprint density at radius 3 is 2.75 bits per heavy atom. The molecule has 5 rings (SSSR count). The molecule has 2 aliphatic rings. The monoisotopic (exact) mass is 393 g/mol. The average Bonchev–Trinajstić information content (AvgIpc) is 3.18. The van der Waals surface area contributed by atoms with E-state index in [1.165, 1.54) is 27.8 Å². The minimum atomic E-state index is -0.190. The van der Waals surface area contributed by atoms with E-state index in [-0.39, 0.29) is 12.1 Å². The lowest BCUT2D eigenvalue weighted by Crippen LogP contribution is -2.38. The lowest BCUT2D eigenvalue weighted by Gasteiger charge is -2.34. The van der Waals surface area contributed by atoms with Gasteiger partial charge in [-0.3, -0.25) is 4.79 Å². The number of amides is 1. The highest BCUT2D eigenvalue weighted by Crippen LogP contribution is 2.46. The number of carbonyl (C=O) groups excluding carboxylic acids is 1. The van der Waals surface area contributed by atoms with Crippen molar-refractivity contribution in [1.29, 1.82) is 0 Å². The summed E-state index contributed by atoms with van der Waals surface area (Å²) in [7, 11) is 2.05. The second-order valence-corrected chi connectivity index (χ2v) is 10.4. The van der Waals surface area contributed by atoms with Crippen molar-refractivity contribution < 1.29 is 4.79 Å². The van der Waals surface area contributed by atoms with E-state index in [1.807, 2.05) is 0 Å². The minimum Gasteiger partial charge on any atom is -0.353 e. The SMILES string of the molecule is Cn1cc([C@@H]2NC(=O)c3c(sc4c3CC[C@H](C(C)(C)C)C4)N2)c2ccccc21. The number of fused-ring (bicyclic) bond motifs is 4. The second-order valence-electron chi connectivity index (χ2n) is 9.28. The number of thiophene rings is 1. The molecule has 146 valence electrons. The summed E-state index contributed by atoms with van der Waals surface area (Å²) >= 11 is 1.79. The molecule has 1 aliphatic carbocycles. The van der Waals surface area contributed by atoms with Crippen LogP contribution in [0.3, 0.4) is 0 Å². The first-order chi connectivity index (χ1) is 13.3. The second kappa shape index (κ2) is 6.11. The van der Waals surface area contributed by atoms with Crippen LogP contribution in [0.15, 0.2) is 30.5 Å². The molecule has 0 bridgehead atoms. The number of aromatic nitrogens is 1. The standard InChI is InChI=1S/C23H27N3OS/c1-23(2,3)13-9-10-15-18(11-13)28-22-19(15)21(27)24-20(25-22)16-12-26(4)17-8-6-5-7-14(16)17/h5-8,12-13,20,25H,9-11H2,1-4H3,(H,24,27)/t13-,20+/m0/s1. The van der Waals surface area contributed by atoms with E-state index in [0.29, 0.717) is 11.3 Å². The maximum atomic E-state index is 13.1. The quantitative estimate of drug-likeness (QED) is 0.593. The van der Waals surface area contributed by atoms with Gasteiger partial charge in [-0.25, -0.2) is 0 Å². The summed E-state index contributed by atoms with van der Waals surface area (Å²) in [6, 6.07) is 8.35. The van der Waals surface area contributed by atoms with Crippen molar-refractivity contribution in [2.45, 2.75) is 46.2 Å². The predicted molar refractivity (Wildman–Crippen MR) is 116 cm³/mol. The van der Waals surface area contributed by atoms with Crippen LogP contribution in [-0.4, -0.2) is 10.5 Å². The fourth-order valence-electron chi connectivity index (χ4n) is 4.80. The molecule has 0 radical (unpaired) electrons. The van der Waals surface area contributed by atoms with Crippen molar-refractivity contribution in [2.24, 2.45) is 18.4 Å². The summed E-state index contributed by atoms with van der Waals surface area (Å²) in [5.41, 5.74) is 4.78. The average molecular weight is 394 g/mol. The molecule has 3 aromatic rings. The molecule has 5 heteroatoms. The van der Waals surface area contributed by atoms with Crippen LogP contribution in [0.5, 0.6) is 0 Å². The number of para-hydroxylation sites is 1. The molecular weight excluding hydrogens is 366 g/mol. The molecule has 0 fully saturated rings. The number of hydrogen-bond donors (Lipinski definition) is 2. The zero-order chi connectivity index (χ0) is 19.6. The first kappa shape index (κ1) is 17.8. The molecule has 3 heterocycles. The van der Waals surface area contributed by atoms with Crippen molar-refractivity contribution in [3.8, 4) is 0 Å². The van der Waals surface area contributed by atoms with E-state index in [2.05, 4.69) is 73.5 Å². The topological polar surface area (TPSA) is 46.1 Å². The Hall–Kier alpha value is -2.27. The Labute approximate surface area is 169 Å². The molecule has 1 aromatic carbocycles. The number of rotatable bonds is 1. The number of anilines is 1. The van der Waals surface area contributed by atoms with Crippen molar-refractivity contribution in [3.05, 3.63) is 52.0 Å². The highest BCUT2D eigenvalue weighted by molar-refractivity contribution is 7.16. The minimum absolute atomic E-state index is 0.0680. The smallest absolute Gasteiger partial charge is 0.256 e. The van der Waals surface area contributed by atoms with Gasteiger partial charge in [0, 0.05) is 34.6 Å². The molecule has 28 heavy (non-hydrogen) atoms. The van der Waals surface area contributed by atoms with Gasteiger partial charge in [0.25, 0.3) is 5.91 Å². The molecular formula is C23H27N3OS. The van der Waals surface area contributed by atoms with Gasteiger partial charge in [0.1, 0.15) is 11.2 Å². The summed E-state index contributed by atoms with van der Waals surface area (Å²) < 4.78 is 2.13. The van der Waals surface area contributed by atoms with Crippen LogP contribution < -0.4 is 10.6 Å². The van der Waals surface area contributed by atoms with Crippen molar-refractivity contribution >= 4 is 33.1 Å². The highest BCUT2D eigenvalue weighted by Gasteiger charge is 2.36. The molecule has 2 N–H and O–H groups in total. The van der Waals surface area contributed by atoms with E-state index in [4.69, 9.17) is 0 Å². The fourth-order valence-corrected chi connectivity index (χ4v) is 6.15. The summed E-state index contributed by atoms with van der Waals surface area (Å²) in [6.07, 6.45) is 5.20. The summed E-state index contributed by atoms with van der Waals surface area (Å²) in [5.74, 6) is 0.746. The van der Waals surface area contributed by atoms with E-state index in [1.54, 1.807) is 11.3 Å². The Morgan fingerprint density at radius 2 is 1.96 bits per heavy atom. The van der Waals surface area contributed by atoms with Crippen LogP contribution in [0.4, 0.5) is 5.00 Å². The number of aryl methyl sites for hydroxylation is 1. The molecule has 2 aromatic heterocycles. The molecule has 1 amide bonds. The van der Waals surface area contributed by atoms with Gasteiger partial charge in [-0.2, -0.15) is 0 Å². The molecule has 4 nitrogen and oxygen atoms in total. The molecule has 0 saturated carbocycles. The molecule has 0 saturated heterocycles. The van der Waals surface area contributed by atoms with E-state index >= 15 is 0 Å². The zero-order valence-corrected chi connectivity index (χ0v) is 17.7. The van der Waals surface area contributed by atoms with E-state index in [0.717, 1.165) is 29.0 Å². The lowest BCUT2D eigenvalue weighted by atomic mass is 9.72. The van der Waals surface area contributed by atoms with Crippen LogP contribution >= 0.6 is 11.3 Å². The largest absolute Gasteiger partial charge is 0.353 e. The maximum Gasteiger partial charge on any atom is 0.256 e. The summed E-state index contributed by atoms with van der Waals surface area (Å²) in [4.78, 5) is 14.5. The van der Waals surface area contributed by atoms with Gasteiger partial charge in [0.2, 0.25) is 0 Å². The van der Waals surface area contributed by atoms with Gasteiger partial charge in [0.05, 0.1) is 5.56 Å². The van der Waals surface area contributed by atoms with Crippen LogP contribution in [0.25, 0.3) is 10.9 Å². The molecule has 2 atom stereocenters. The number of benzene rings is 1.